The zero-order valence-electron chi connectivity index (χ0n) is 9.47. The first-order valence-electron chi connectivity index (χ1n) is 5.08. The van der Waals surface area contributed by atoms with E-state index in [1.54, 1.807) is 7.11 Å². The summed E-state index contributed by atoms with van der Waals surface area (Å²) in [6, 6.07) is 0. The number of hydrogen-bond acceptors (Lipinski definition) is 3. The van der Waals surface area contributed by atoms with E-state index >= 15 is 0 Å². The van der Waals surface area contributed by atoms with E-state index in [1.165, 1.54) is 0 Å². The van der Waals surface area contributed by atoms with Crippen LogP contribution in [-0.2, 0) is 4.74 Å². The van der Waals surface area contributed by atoms with E-state index < -0.39 is 0 Å². The normalized spacial score (nSPS) is 16.2. The third kappa shape index (κ3) is 3.63. The van der Waals surface area contributed by atoms with Crippen LogP contribution in [0.3, 0.4) is 0 Å². The lowest BCUT2D eigenvalue weighted by Gasteiger charge is -2.39. The van der Waals surface area contributed by atoms with E-state index in [1.807, 2.05) is 0 Å². The number of methoxy groups -OCH3 is 1. The molecule has 0 saturated carbocycles. The van der Waals surface area contributed by atoms with E-state index in [0.29, 0.717) is 13.2 Å². The second-order valence-electron chi connectivity index (χ2n) is 3.71. The fourth-order valence-corrected chi connectivity index (χ4v) is 1.67. The van der Waals surface area contributed by atoms with Crippen molar-refractivity contribution in [2.45, 2.75) is 32.7 Å². The second kappa shape index (κ2) is 6.35. The van der Waals surface area contributed by atoms with Crippen molar-refractivity contribution in [3.8, 4) is 0 Å². The van der Waals surface area contributed by atoms with Gasteiger partial charge in [0.2, 0.25) is 0 Å². The predicted molar refractivity (Wildman–Crippen MR) is 56.9 cm³/mol. The van der Waals surface area contributed by atoms with Gasteiger partial charge in [0, 0.05) is 13.7 Å². The lowest BCUT2D eigenvalue weighted by molar-refractivity contribution is 0.0302. The quantitative estimate of drug-likeness (QED) is 0.650. The molecule has 0 aliphatic heterocycles. The molecule has 0 aromatic carbocycles. The maximum Gasteiger partial charge on any atom is 0.0656 e. The van der Waals surface area contributed by atoms with Gasteiger partial charge in [-0.2, -0.15) is 0 Å². The number of ether oxygens (including phenoxy) is 1. The van der Waals surface area contributed by atoms with Crippen molar-refractivity contribution in [3.63, 3.8) is 0 Å². The van der Waals surface area contributed by atoms with E-state index in [4.69, 9.17) is 10.5 Å². The first-order valence-corrected chi connectivity index (χ1v) is 5.08. The number of likely N-dealkylation sites (N-methyl/N-ethyl adjacent to an activating group) is 1. The number of rotatable bonds is 7. The summed E-state index contributed by atoms with van der Waals surface area (Å²) in [4.78, 5) is 2.39. The lowest BCUT2D eigenvalue weighted by atomic mass is 10.0. The van der Waals surface area contributed by atoms with Crippen LogP contribution in [0.5, 0.6) is 0 Å². The highest BCUT2D eigenvalue weighted by Crippen LogP contribution is 2.14. The van der Waals surface area contributed by atoms with E-state index in [2.05, 4.69) is 25.7 Å². The molecule has 0 heterocycles. The molecular formula is C10H24N2O. The van der Waals surface area contributed by atoms with Crippen LogP contribution in [0.1, 0.15) is 27.2 Å². The van der Waals surface area contributed by atoms with Gasteiger partial charge in [-0.05, 0) is 26.4 Å². The molecule has 13 heavy (non-hydrogen) atoms. The fraction of sp³-hybridized carbons (Fsp3) is 1.00. The SMILES string of the molecule is CCCN(CC)C(C)(CN)COC. The molecule has 2 N–H and O–H groups in total. The summed E-state index contributed by atoms with van der Waals surface area (Å²) in [5, 5.41) is 0. The highest BCUT2D eigenvalue weighted by molar-refractivity contribution is 4.86. The summed E-state index contributed by atoms with van der Waals surface area (Å²) >= 11 is 0. The number of nitrogens with zero attached hydrogens (tertiary/aromatic N) is 1. The first kappa shape index (κ1) is 12.9. The van der Waals surface area contributed by atoms with Crippen molar-refractivity contribution >= 4 is 0 Å². The first-order chi connectivity index (χ1) is 6.14. The van der Waals surface area contributed by atoms with Crippen LogP contribution in [0.4, 0.5) is 0 Å². The molecule has 0 spiro atoms. The molecule has 0 bridgehead atoms. The molecule has 3 nitrogen and oxygen atoms in total. The number of nitrogens with two attached hydrogens (primary N) is 1. The molecule has 0 aliphatic carbocycles. The van der Waals surface area contributed by atoms with Crippen LogP contribution >= 0.6 is 0 Å². The summed E-state index contributed by atoms with van der Waals surface area (Å²) in [6.45, 7) is 9.99. The molecule has 0 saturated heterocycles. The summed E-state index contributed by atoms with van der Waals surface area (Å²) in [5.74, 6) is 0. The molecule has 0 aromatic heterocycles. The Bertz CT molecular complexity index is 130. The van der Waals surface area contributed by atoms with E-state index in [0.717, 1.165) is 19.5 Å². The molecule has 1 unspecified atom stereocenters. The third-order valence-electron chi connectivity index (χ3n) is 2.53. The Kier molecular flexibility index (Phi) is 6.29. The van der Waals surface area contributed by atoms with Crippen LogP contribution < -0.4 is 5.73 Å². The van der Waals surface area contributed by atoms with Gasteiger partial charge in [-0.3, -0.25) is 4.90 Å². The number of hydrogen-bond donors (Lipinski definition) is 1. The Morgan fingerprint density at radius 1 is 1.38 bits per heavy atom. The monoisotopic (exact) mass is 188 g/mol. The minimum absolute atomic E-state index is 0.000486. The van der Waals surface area contributed by atoms with Gasteiger partial charge in [0.15, 0.2) is 0 Å². The van der Waals surface area contributed by atoms with Crippen LogP contribution in [0.2, 0.25) is 0 Å². The maximum absolute atomic E-state index is 5.78. The molecule has 3 heteroatoms. The van der Waals surface area contributed by atoms with Crippen LogP contribution in [0, 0.1) is 0 Å². The van der Waals surface area contributed by atoms with Gasteiger partial charge in [0.25, 0.3) is 0 Å². The Balaban J connectivity index is 4.29. The second-order valence-corrected chi connectivity index (χ2v) is 3.71. The van der Waals surface area contributed by atoms with Gasteiger partial charge in [-0.1, -0.05) is 13.8 Å². The van der Waals surface area contributed by atoms with Gasteiger partial charge in [0.1, 0.15) is 0 Å². The van der Waals surface area contributed by atoms with Crippen molar-refractivity contribution < 1.29 is 4.74 Å². The van der Waals surface area contributed by atoms with Gasteiger partial charge in [0.05, 0.1) is 12.1 Å². The smallest absolute Gasteiger partial charge is 0.0656 e. The topological polar surface area (TPSA) is 38.5 Å². The molecule has 1 atom stereocenters. The van der Waals surface area contributed by atoms with E-state index in [9.17, 15) is 0 Å². The minimum atomic E-state index is -0.000486. The molecular weight excluding hydrogens is 164 g/mol. The molecule has 0 aliphatic rings. The minimum Gasteiger partial charge on any atom is -0.383 e. The average Bonchev–Trinajstić information content (AvgIpc) is 2.14. The Labute approximate surface area is 82.2 Å². The van der Waals surface area contributed by atoms with Gasteiger partial charge in [-0.15, -0.1) is 0 Å². The standard InChI is InChI=1S/C10H24N2O/c1-5-7-12(6-2)10(3,8-11)9-13-4/h5-9,11H2,1-4H3. The average molecular weight is 188 g/mol. The van der Waals surface area contributed by atoms with Crippen molar-refractivity contribution in [1.29, 1.82) is 0 Å². The zero-order chi connectivity index (χ0) is 10.3. The highest BCUT2D eigenvalue weighted by Gasteiger charge is 2.28. The van der Waals surface area contributed by atoms with Crippen molar-refractivity contribution in [2.24, 2.45) is 5.73 Å². The van der Waals surface area contributed by atoms with Crippen LogP contribution in [-0.4, -0.2) is 43.8 Å². The van der Waals surface area contributed by atoms with Gasteiger partial charge in [-0.25, -0.2) is 0 Å². The van der Waals surface area contributed by atoms with Crippen molar-refractivity contribution in [1.82, 2.24) is 4.90 Å². The molecule has 80 valence electrons. The molecule has 0 fully saturated rings. The summed E-state index contributed by atoms with van der Waals surface area (Å²) in [6.07, 6.45) is 1.16. The predicted octanol–water partition coefficient (Wildman–Crippen LogP) is 1.08. The zero-order valence-corrected chi connectivity index (χ0v) is 9.47. The van der Waals surface area contributed by atoms with Crippen molar-refractivity contribution in [2.75, 3.05) is 33.4 Å². The van der Waals surface area contributed by atoms with Gasteiger partial charge < -0.3 is 10.5 Å². The maximum atomic E-state index is 5.78. The summed E-state index contributed by atoms with van der Waals surface area (Å²) < 4.78 is 5.21. The van der Waals surface area contributed by atoms with Crippen molar-refractivity contribution in [3.05, 3.63) is 0 Å². The summed E-state index contributed by atoms with van der Waals surface area (Å²) in [7, 11) is 1.73. The Morgan fingerprint density at radius 2 is 2.00 bits per heavy atom. The Morgan fingerprint density at radius 3 is 2.31 bits per heavy atom. The van der Waals surface area contributed by atoms with Crippen LogP contribution in [0.25, 0.3) is 0 Å². The molecule has 0 rings (SSSR count). The lowest BCUT2D eigenvalue weighted by Crippen LogP contribution is -2.54. The molecule has 0 amide bonds. The van der Waals surface area contributed by atoms with Gasteiger partial charge >= 0.3 is 0 Å². The molecule has 0 aromatic rings. The summed E-state index contributed by atoms with van der Waals surface area (Å²) in [5.41, 5.74) is 5.78. The van der Waals surface area contributed by atoms with Crippen LogP contribution in [0.15, 0.2) is 0 Å². The Hall–Kier alpha value is -0.120. The third-order valence-corrected chi connectivity index (χ3v) is 2.53. The fourth-order valence-electron chi connectivity index (χ4n) is 1.67. The highest BCUT2D eigenvalue weighted by atomic mass is 16.5. The largest absolute Gasteiger partial charge is 0.383 e. The molecule has 0 radical (unpaired) electrons. The van der Waals surface area contributed by atoms with E-state index in [-0.39, 0.29) is 5.54 Å².